The summed E-state index contributed by atoms with van der Waals surface area (Å²) in [6, 6.07) is 9.35. The van der Waals surface area contributed by atoms with Crippen molar-refractivity contribution in [3.8, 4) is 0 Å². The number of hydrogen-bond acceptors (Lipinski definition) is 2. The second kappa shape index (κ2) is 7.42. The van der Waals surface area contributed by atoms with Crippen molar-refractivity contribution in [3.05, 3.63) is 35.4 Å². The highest BCUT2D eigenvalue weighted by atomic mass is 14.9. The molecule has 0 fully saturated rings. The molecule has 1 aromatic carbocycles. The van der Waals surface area contributed by atoms with Gasteiger partial charge in [0.05, 0.1) is 0 Å². The largest absolute Gasteiger partial charge is 0.330 e. The average Bonchev–Trinajstić information content (AvgIpc) is 2.27. The number of nitrogens with one attached hydrogen (secondary N) is 1. The van der Waals surface area contributed by atoms with Gasteiger partial charge in [0.15, 0.2) is 0 Å². The third-order valence-electron chi connectivity index (χ3n) is 2.86. The molecule has 0 aliphatic heterocycles. The van der Waals surface area contributed by atoms with Gasteiger partial charge in [0, 0.05) is 6.04 Å². The summed E-state index contributed by atoms with van der Waals surface area (Å²) in [6.45, 7) is 6.17. The van der Waals surface area contributed by atoms with Gasteiger partial charge in [-0.05, 0) is 51.8 Å². The van der Waals surface area contributed by atoms with Crippen molar-refractivity contribution < 1.29 is 0 Å². The van der Waals surface area contributed by atoms with Crippen LogP contribution in [-0.4, -0.2) is 19.1 Å². The highest BCUT2D eigenvalue weighted by Gasteiger charge is 1.98. The molecule has 0 bridgehead atoms. The van der Waals surface area contributed by atoms with Crippen LogP contribution in [-0.2, 0) is 6.42 Å². The summed E-state index contributed by atoms with van der Waals surface area (Å²) < 4.78 is 0. The topological polar surface area (TPSA) is 38.0 Å². The number of aryl methyl sites for hydroxylation is 2. The minimum Gasteiger partial charge on any atom is -0.330 e. The Kier molecular flexibility index (Phi) is 6.12. The van der Waals surface area contributed by atoms with Gasteiger partial charge in [-0.25, -0.2) is 0 Å². The SMILES string of the molecule is Cc1ccc(CCCNC(C)CCN)cc1. The molecule has 0 amide bonds. The maximum atomic E-state index is 5.50. The lowest BCUT2D eigenvalue weighted by atomic mass is 10.1. The van der Waals surface area contributed by atoms with Crippen molar-refractivity contribution >= 4 is 0 Å². The van der Waals surface area contributed by atoms with Crippen LogP contribution in [0.25, 0.3) is 0 Å². The Hall–Kier alpha value is -0.860. The molecule has 0 heterocycles. The Labute approximate surface area is 99.2 Å². The summed E-state index contributed by atoms with van der Waals surface area (Å²) in [5, 5.41) is 3.49. The molecule has 0 aromatic heterocycles. The van der Waals surface area contributed by atoms with Gasteiger partial charge in [0.1, 0.15) is 0 Å². The molecule has 0 aliphatic rings. The maximum absolute atomic E-state index is 5.50. The molecule has 2 nitrogen and oxygen atoms in total. The molecular formula is C14H24N2. The van der Waals surface area contributed by atoms with Gasteiger partial charge in [0.2, 0.25) is 0 Å². The molecule has 1 aromatic rings. The van der Waals surface area contributed by atoms with Crippen LogP contribution >= 0.6 is 0 Å². The van der Waals surface area contributed by atoms with Crippen LogP contribution in [0.3, 0.4) is 0 Å². The summed E-state index contributed by atoms with van der Waals surface area (Å²) in [5.74, 6) is 0. The van der Waals surface area contributed by atoms with Crippen LogP contribution in [0.1, 0.15) is 30.9 Å². The van der Waals surface area contributed by atoms with Crippen LogP contribution in [0.5, 0.6) is 0 Å². The van der Waals surface area contributed by atoms with Gasteiger partial charge in [-0.15, -0.1) is 0 Å². The minimum absolute atomic E-state index is 0.544. The molecule has 0 radical (unpaired) electrons. The van der Waals surface area contributed by atoms with E-state index in [4.69, 9.17) is 5.73 Å². The summed E-state index contributed by atoms with van der Waals surface area (Å²) in [7, 11) is 0. The van der Waals surface area contributed by atoms with Gasteiger partial charge in [-0.1, -0.05) is 29.8 Å². The molecule has 0 spiro atoms. The van der Waals surface area contributed by atoms with Gasteiger partial charge in [-0.3, -0.25) is 0 Å². The smallest absolute Gasteiger partial charge is 0.00507 e. The van der Waals surface area contributed by atoms with E-state index in [9.17, 15) is 0 Å². The second-order valence-corrected chi connectivity index (χ2v) is 4.52. The van der Waals surface area contributed by atoms with Crippen LogP contribution < -0.4 is 11.1 Å². The standard InChI is InChI=1S/C14H24N2/c1-12-5-7-14(8-6-12)4-3-11-16-13(2)9-10-15/h5-8,13,16H,3-4,9-11,15H2,1-2H3. The molecule has 1 rings (SSSR count). The molecule has 0 aliphatic carbocycles. The van der Waals surface area contributed by atoms with E-state index >= 15 is 0 Å². The lowest BCUT2D eigenvalue weighted by molar-refractivity contribution is 0.512. The molecule has 0 saturated heterocycles. The number of benzene rings is 1. The van der Waals surface area contributed by atoms with E-state index in [1.54, 1.807) is 0 Å². The second-order valence-electron chi connectivity index (χ2n) is 4.52. The Morgan fingerprint density at radius 1 is 1.25 bits per heavy atom. The van der Waals surface area contributed by atoms with Crippen LogP contribution in [0.2, 0.25) is 0 Å². The van der Waals surface area contributed by atoms with Crippen molar-refractivity contribution in [2.45, 2.75) is 39.2 Å². The highest BCUT2D eigenvalue weighted by molar-refractivity contribution is 5.21. The van der Waals surface area contributed by atoms with Gasteiger partial charge < -0.3 is 11.1 Å². The van der Waals surface area contributed by atoms with E-state index in [0.717, 1.165) is 25.9 Å². The molecular weight excluding hydrogens is 196 g/mol. The van der Waals surface area contributed by atoms with E-state index in [-0.39, 0.29) is 0 Å². The first-order valence-electron chi connectivity index (χ1n) is 6.21. The minimum atomic E-state index is 0.544. The number of nitrogens with two attached hydrogens (primary N) is 1. The van der Waals surface area contributed by atoms with Crippen molar-refractivity contribution in [3.63, 3.8) is 0 Å². The first kappa shape index (κ1) is 13.2. The lowest BCUT2D eigenvalue weighted by Gasteiger charge is -2.12. The summed E-state index contributed by atoms with van der Waals surface area (Å²) in [4.78, 5) is 0. The van der Waals surface area contributed by atoms with Crippen molar-refractivity contribution in [1.29, 1.82) is 0 Å². The van der Waals surface area contributed by atoms with E-state index < -0.39 is 0 Å². The predicted octanol–water partition coefficient (Wildman–Crippen LogP) is 2.25. The van der Waals surface area contributed by atoms with Crippen molar-refractivity contribution in [2.24, 2.45) is 5.73 Å². The summed E-state index contributed by atoms with van der Waals surface area (Å²) in [5.41, 5.74) is 8.26. The fourth-order valence-corrected chi connectivity index (χ4v) is 1.75. The zero-order valence-electron chi connectivity index (χ0n) is 10.5. The Morgan fingerprint density at radius 2 is 1.94 bits per heavy atom. The van der Waals surface area contributed by atoms with E-state index in [2.05, 4.69) is 43.4 Å². The normalized spacial score (nSPS) is 12.7. The third kappa shape index (κ3) is 5.29. The fraction of sp³-hybridized carbons (Fsp3) is 0.571. The van der Waals surface area contributed by atoms with Crippen molar-refractivity contribution in [1.82, 2.24) is 5.32 Å². The Balaban J connectivity index is 2.13. The van der Waals surface area contributed by atoms with E-state index in [0.29, 0.717) is 6.04 Å². The Bertz CT molecular complexity index is 279. The van der Waals surface area contributed by atoms with E-state index in [1.165, 1.54) is 17.5 Å². The van der Waals surface area contributed by atoms with Crippen LogP contribution in [0.4, 0.5) is 0 Å². The quantitative estimate of drug-likeness (QED) is 0.692. The predicted molar refractivity (Wildman–Crippen MR) is 70.6 cm³/mol. The summed E-state index contributed by atoms with van der Waals surface area (Å²) in [6.07, 6.45) is 3.41. The molecule has 1 unspecified atom stereocenters. The zero-order valence-corrected chi connectivity index (χ0v) is 10.5. The van der Waals surface area contributed by atoms with Crippen LogP contribution in [0.15, 0.2) is 24.3 Å². The Morgan fingerprint density at radius 3 is 2.56 bits per heavy atom. The highest BCUT2D eigenvalue weighted by Crippen LogP contribution is 2.05. The first-order valence-corrected chi connectivity index (χ1v) is 6.21. The summed E-state index contributed by atoms with van der Waals surface area (Å²) >= 11 is 0. The molecule has 1 atom stereocenters. The molecule has 90 valence electrons. The van der Waals surface area contributed by atoms with Gasteiger partial charge in [-0.2, -0.15) is 0 Å². The average molecular weight is 220 g/mol. The molecule has 2 heteroatoms. The lowest BCUT2D eigenvalue weighted by Crippen LogP contribution is -2.29. The van der Waals surface area contributed by atoms with Crippen LogP contribution in [0, 0.1) is 6.92 Å². The third-order valence-corrected chi connectivity index (χ3v) is 2.86. The molecule has 0 saturated carbocycles. The maximum Gasteiger partial charge on any atom is 0.00507 e. The molecule has 16 heavy (non-hydrogen) atoms. The molecule has 3 N–H and O–H groups in total. The monoisotopic (exact) mass is 220 g/mol. The van der Waals surface area contributed by atoms with Gasteiger partial charge >= 0.3 is 0 Å². The van der Waals surface area contributed by atoms with E-state index in [1.807, 2.05) is 0 Å². The fourth-order valence-electron chi connectivity index (χ4n) is 1.75. The number of rotatable bonds is 7. The zero-order chi connectivity index (χ0) is 11.8. The van der Waals surface area contributed by atoms with Crippen molar-refractivity contribution in [2.75, 3.05) is 13.1 Å². The number of hydrogen-bond donors (Lipinski definition) is 2. The van der Waals surface area contributed by atoms with Gasteiger partial charge in [0.25, 0.3) is 0 Å². The first-order chi connectivity index (χ1) is 7.72.